The van der Waals surface area contributed by atoms with Gasteiger partial charge in [-0.3, -0.25) is 4.79 Å². The largest absolute Gasteiger partial charge is 0.394 e. The number of rotatable bonds is 23. The molecule has 6 aliphatic rings. The number of nitrogens with one attached hydrogen (secondary N) is 1. The Morgan fingerprint density at radius 1 is 0.455 bits per heavy atom. The van der Waals surface area contributed by atoms with E-state index < -0.39 is 217 Å². The summed E-state index contributed by atoms with van der Waals surface area (Å²) in [5.74, 6) is -0.865. The van der Waals surface area contributed by atoms with Crippen LogP contribution in [0.2, 0.25) is 0 Å². The lowest BCUT2D eigenvalue weighted by Crippen LogP contribution is -2.71. The number of azide groups is 1. The number of unbranched alkanes of at least 4 members (excludes halogenated alkanes) is 3. The minimum Gasteiger partial charge on any atom is -0.394 e. The van der Waals surface area contributed by atoms with Crippen LogP contribution in [0.15, 0.2) is 5.11 Å². The van der Waals surface area contributed by atoms with E-state index in [9.17, 15) is 86.5 Å². The molecule has 33 nitrogen and oxygen atoms in total. The van der Waals surface area contributed by atoms with Crippen molar-refractivity contribution in [2.45, 2.75) is 231 Å². The Morgan fingerprint density at radius 3 is 1.38 bits per heavy atom. The third-order valence-electron chi connectivity index (χ3n) is 14.2. The Bertz CT molecular complexity index is 1850. The van der Waals surface area contributed by atoms with Crippen molar-refractivity contribution in [2.75, 3.05) is 39.6 Å². The van der Waals surface area contributed by atoms with Crippen LogP contribution in [0.5, 0.6) is 0 Å². The van der Waals surface area contributed by atoms with Gasteiger partial charge in [-0.2, -0.15) is 0 Å². The first-order chi connectivity index (χ1) is 36.6. The molecule has 33 heteroatoms. The van der Waals surface area contributed by atoms with E-state index in [1.54, 1.807) is 0 Å². The van der Waals surface area contributed by atoms with Crippen LogP contribution in [0.25, 0.3) is 10.4 Å². The molecule has 0 saturated carbocycles. The van der Waals surface area contributed by atoms with Gasteiger partial charge in [0.15, 0.2) is 37.7 Å². The summed E-state index contributed by atoms with van der Waals surface area (Å²) in [4.78, 5) is 15.8. The van der Waals surface area contributed by atoms with Gasteiger partial charge < -0.3 is 144 Å². The minimum atomic E-state index is -2.23. The monoisotopic (exact) mass is 1120 g/mol. The van der Waals surface area contributed by atoms with Crippen LogP contribution < -0.4 is 5.32 Å². The number of ether oxygens (including phenoxy) is 12. The highest BCUT2D eigenvalue weighted by molar-refractivity contribution is 5.73. The molecule has 6 rings (SSSR count). The van der Waals surface area contributed by atoms with Gasteiger partial charge in [-0.05, 0) is 32.2 Å². The number of hydrogen-bond donors (Lipinski definition) is 17. The van der Waals surface area contributed by atoms with E-state index in [2.05, 4.69) is 15.3 Å². The second-order valence-corrected chi connectivity index (χ2v) is 19.7. The molecule has 6 saturated heterocycles. The Morgan fingerprint density at radius 2 is 0.857 bits per heavy atom. The van der Waals surface area contributed by atoms with Crippen molar-refractivity contribution in [1.82, 2.24) is 5.32 Å². The topological polar surface area (TPSA) is 512 Å². The zero-order chi connectivity index (χ0) is 56.6. The molecule has 0 aliphatic carbocycles. The Balaban J connectivity index is 1.31. The Hall–Kier alpha value is -2.34. The summed E-state index contributed by atoms with van der Waals surface area (Å²) in [6, 6.07) is -1.80. The first-order valence-corrected chi connectivity index (χ1v) is 25.3. The molecule has 446 valence electrons. The lowest BCUT2D eigenvalue weighted by Gasteiger charge is -2.52. The number of nitrogens with zero attached hydrogens (tertiary/aromatic N) is 3. The van der Waals surface area contributed by atoms with Gasteiger partial charge in [0.2, 0.25) is 5.91 Å². The summed E-state index contributed by atoms with van der Waals surface area (Å²) in [5.41, 5.74) is 8.52. The van der Waals surface area contributed by atoms with Crippen LogP contribution in [0.3, 0.4) is 0 Å². The van der Waals surface area contributed by atoms with Gasteiger partial charge >= 0.3 is 0 Å². The Kier molecular flexibility index (Phi) is 24.1. The summed E-state index contributed by atoms with van der Waals surface area (Å²) in [6.07, 6.45) is -50.4. The van der Waals surface area contributed by atoms with Crippen LogP contribution in [-0.2, 0) is 61.6 Å². The van der Waals surface area contributed by atoms with E-state index in [1.807, 2.05) is 0 Å². The lowest BCUT2D eigenvalue weighted by atomic mass is 9.93. The standard InChI is InChI=1S/C44H76N4O29/c1-14-22(54)26(58)29(61)41(67-14)75-36-21(47-16(3)53)39(71-19(12-51)34(36)73-43-31(63)28(60)24(56)17(10-49)69-43)76-37-25(57)18(11-50)70-44(32(37)64)74-35-20(13-52)72-40(66-9-7-5-4-6-8-46-48-45)33(65)38(35)77-42-30(62)27(59)23(55)15(2)68-42/h14-15,17-44,49-52,54-65H,4-13H2,1-3H3,(H,47,53)/t14-,15-,17+,18+,19+,20+,21+,22+,23+,24-,25-,26+,27+,28-,29-,30-,31+,32+,33+,34+,35+,36+,37-,38+,39-,40+,41-,42-,43-,44-/m0/s1. The molecule has 0 aromatic rings. The fourth-order valence-electron chi connectivity index (χ4n) is 9.79. The predicted octanol–water partition coefficient (Wildman–Crippen LogP) is -9.01. The molecule has 77 heavy (non-hydrogen) atoms. The number of aliphatic hydroxyl groups is 16. The van der Waals surface area contributed by atoms with Crippen LogP contribution in [0.1, 0.15) is 46.5 Å². The van der Waals surface area contributed by atoms with Gasteiger partial charge in [0.05, 0.1) is 38.6 Å². The molecule has 0 bridgehead atoms. The van der Waals surface area contributed by atoms with Crippen molar-refractivity contribution >= 4 is 5.91 Å². The van der Waals surface area contributed by atoms with Crippen molar-refractivity contribution < 1.29 is 143 Å². The number of hydrogen-bond acceptors (Lipinski definition) is 30. The summed E-state index contributed by atoms with van der Waals surface area (Å²) in [7, 11) is 0. The molecule has 1 amide bonds. The highest BCUT2D eigenvalue weighted by atomic mass is 16.8. The predicted molar refractivity (Wildman–Crippen MR) is 244 cm³/mol. The molecule has 0 radical (unpaired) electrons. The molecule has 0 unspecified atom stereocenters. The fourth-order valence-corrected chi connectivity index (χ4v) is 9.79. The molecule has 30 atom stereocenters. The average Bonchev–Trinajstić information content (AvgIpc) is 3.42. The fraction of sp³-hybridized carbons (Fsp3) is 0.977. The maximum Gasteiger partial charge on any atom is 0.217 e. The molecule has 0 spiro atoms. The zero-order valence-corrected chi connectivity index (χ0v) is 42.2. The summed E-state index contributed by atoms with van der Waals surface area (Å²) >= 11 is 0. The highest BCUT2D eigenvalue weighted by Crippen LogP contribution is 2.38. The first kappa shape index (κ1) is 63.8. The maximum absolute atomic E-state index is 13.1. The van der Waals surface area contributed by atoms with E-state index >= 15 is 0 Å². The number of amides is 1. The van der Waals surface area contributed by atoms with E-state index in [4.69, 9.17) is 62.4 Å². The molecule has 0 aromatic heterocycles. The summed E-state index contributed by atoms with van der Waals surface area (Å²) in [5, 5.41) is 180. The van der Waals surface area contributed by atoms with Crippen LogP contribution >= 0.6 is 0 Å². The van der Waals surface area contributed by atoms with Crippen molar-refractivity contribution in [2.24, 2.45) is 5.11 Å². The molecular formula is C44H76N4O29. The second-order valence-electron chi connectivity index (χ2n) is 19.7. The second kappa shape index (κ2) is 29.1. The van der Waals surface area contributed by atoms with Crippen molar-refractivity contribution in [3.05, 3.63) is 10.4 Å². The molecule has 6 aliphatic heterocycles. The molecule has 17 N–H and O–H groups in total. The van der Waals surface area contributed by atoms with Gasteiger partial charge in [-0.15, -0.1) is 0 Å². The van der Waals surface area contributed by atoms with Gasteiger partial charge in [0.25, 0.3) is 0 Å². The third-order valence-corrected chi connectivity index (χ3v) is 14.2. The van der Waals surface area contributed by atoms with Crippen molar-refractivity contribution in [3.8, 4) is 0 Å². The smallest absolute Gasteiger partial charge is 0.217 e. The zero-order valence-electron chi connectivity index (χ0n) is 42.2. The Labute approximate surface area is 439 Å². The summed E-state index contributed by atoms with van der Waals surface area (Å²) in [6.45, 7) is 0.0435. The quantitative estimate of drug-likeness (QED) is 0.0195. The van der Waals surface area contributed by atoms with E-state index in [0.717, 1.165) is 6.92 Å². The van der Waals surface area contributed by atoms with E-state index in [-0.39, 0.29) is 13.2 Å². The lowest BCUT2D eigenvalue weighted by molar-refractivity contribution is -0.399. The SMILES string of the molecule is CC(=O)N[C@H]1[C@H](O[C@H]2[C@@H](O)[C@@H](CO)O[C@@H](O[C@H]3[C@H](O[C@@H]4O[C@@H](C)[C@@H](O)[C@@H](O)[C@@H]4O)[C@@H](O)[C@H](OCCCCCCN=[N+]=[N-])O[C@@H]3CO)[C@@H]2O)O[C@H](CO)[C@@H](O[C@@H]2O[C@H](CO)[C@H](O)[C@H](O)[C@H]2O)[C@@H]1O[C@@H]1O[C@@H](C)[C@@H](O)[C@@H](O)[C@@H]1O. The number of carbonyl (C=O) groups is 1. The van der Waals surface area contributed by atoms with E-state index in [1.165, 1.54) is 13.8 Å². The molecular weight excluding hydrogens is 1050 g/mol. The molecule has 6 heterocycles. The normalized spacial score (nSPS) is 47.7. The van der Waals surface area contributed by atoms with Gasteiger partial charge in [0, 0.05) is 25.0 Å². The number of carbonyl (C=O) groups excluding carboxylic acids is 1. The maximum atomic E-state index is 13.1. The van der Waals surface area contributed by atoms with Crippen LogP contribution in [-0.4, -0.2) is 311 Å². The first-order valence-electron chi connectivity index (χ1n) is 25.3. The van der Waals surface area contributed by atoms with Crippen molar-refractivity contribution in [1.29, 1.82) is 0 Å². The van der Waals surface area contributed by atoms with Gasteiger partial charge in [0.1, 0.15) is 134 Å². The average molecular weight is 1130 g/mol. The third kappa shape index (κ3) is 14.8. The summed E-state index contributed by atoms with van der Waals surface area (Å²) < 4.78 is 71.2. The minimum absolute atomic E-state index is 0.0193. The van der Waals surface area contributed by atoms with Crippen LogP contribution in [0, 0.1) is 0 Å². The molecule has 0 aromatic carbocycles. The highest BCUT2D eigenvalue weighted by Gasteiger charge is 2.59. The molecule has 6 fully saturated rings. The number of aliphatic hydroxyl groups excluding tert-OH is 16. The van der Waals surface area contributed by atoms with Crippen molar-refractivity contribution in [3.63, 3.8) is 0 Å². The van der Waals surface area contributed by atoms with Gasteiger partial charge in [-0.1, -0.05) is 18.0 Å². The van der Waals surface area contributed by atoms with E-state index in [0.29, 0.717) is 25.7 Å². The van der Waals surface area contributed by atoms with Gasteiger partial charge in [-0.25, -0.2) is 0 Å². The van der Waals surface area contributed by atoms with Crippen LogP contribution in [0.4, 0.5) is 0 Å².